The summed E-state index contributed by atoms with van der Waals surface area (Å²) in [5.41, 5.74) is 3.33. The van der Waals surface area contributed by atoms with Crippen molar-refractivity contribution >= 4 is 10.9 Å². The topological polar surface area (TPSA) is 66.8 Å². The van der Waals surface area contributed by atoms with E-state index in [1.54, 1.807) is 23.0 Å². The molecule has 0 atom stereocenters. The number of likely N-dealkylation sites (tertiary alicyclic amines) is 1. The van der Waals surface area contributed by atoms with Crippen LogP contribution in [0, 0.1) is 11.7 Å². The molecular formula is C24H24FN5O. The van der Waals surface area contributed by atoms with E-state index >= 15 is 0 Å². The molecule has 4 aromatic rings. The molecule has 0 spiro atoms. The number of hydrogen-bond donors (Lipinski definition) is 1. The zero-order valence-corrected chi connectivity index (χ0v) is 17.4. The van der Waals surface area contributed by atoms with Crippen molar-refractivity contribution in [2.75, 3.05) is 20.1 Å². The van der Waals surface area contributed by atoms with Gasteiger partial charge < -0.3 is 9.88 Å². The Bertz CT molecular complexity index is 1270. The number of halogens is 1. The van der Waals surface area contributed by atoms with Gasteiger partial charge in [-0.25, -0.2) is 9.07 Å². The number of aromatic nitrogens is 4. The van der Waals surface area contributed by atoms with E-state index in [-0.39, 0.29) is 11.4 Å². The predicted octanol–water partition coefficient (Wildman–Crippen LogP) is 3.80. The number of rotatable bonds is 4. The van der Waals surface area contributed by atoms with Gasteiger partial charge in [-0.3, -0.25) is 4.79 Å². The highest BCUT2D eigenvalue weighted by Gasteiger charge is 2.17. The third-order valence-corrected chi connectivity index (χ3v) is 6.14. The fraction of sp³-hybridized carbons (Fsp3) is 0.292. The maximum atomic E-state index is 13.6. The van der Waals surface area contributed by atoms with E-state index in [9.17, 15) is 9.18 Å². The Balaban J connectivity index is 1.36. The molecule has 1 aliphatic rings. The van der Waals surface area contributed by atoms with Gasteiger partial charge in [0.15, 0.2) is 0 Å². The van der Waals surface area contributed by atoms with Crippen LogP contribution in [0.1, 0.15) is 18.4 Å². The van der Waals surface area contributed by atoms with E-state index in [1.807, 2.05) is 12.1 Å². The summed E-state index contributed by atoms with van der Waals surface area (Å²) in [6.45, 7) is 2.34. The summed E-state index contributed by atoms with van der Waals surface area (Å²) in [6.07, 6.45) is 5.31. The molecule has 3 heterocycles. The monoisotopic (exact) mass is 417 g/mol. The zero-order chi connectivity index (χ0) is 21.4. The molecule has 0 saturated carbocycles. The first-order chi connectivity index (χ1) is 15.0. The average molecular weight is 417 g/mol. The third-order valence-electron chi connectivity index (χ3n) is 6.14. The molecular weight excluding hydrogens is 393 g/mol. The summed E-state index contributed by atoms with van der Waals surface area (Å²) in [5, 5.41) is 8.97. The molecule has 0 unspecified atom stereocenters. The summed E-state index contributed by atoms with van der Waals surface area (Å²) in [4.78, 5) is 17.7. The van der Waals surface area contributed by atoms with Gasteiger partial charge in [0.1, 0.15) is 11.5 Å². The van der Waals surface area contributed by atoms with Crippen LogP contribution in [0.4, 0.5) is 4.39 Å². The molecule has 2 aromatic carbocycles. The molecule has 5 rings (SSSR count). The lowest BCUT2D eigenvalue weighted by Gasteiger charge is -2.28. The van der Waals surface area contributed by atoms with Gasteiger partial charge in [-0.15, -0.1) is 5.10 Å². The van der Waals surface area contributed by atoms with Crippen molar-refractivity contribution in [2.45, 2.75) is 19.3 Å². The van der Waals surface area contributed by atoms with Gasteiger partial charge in [-0.1, -0.05) is 17.3 Å². The van der Waals surface area contributed by atoms with E-state index in [4.69, 9.17) is 0 Å². The van der Waals surface area contributed by atoms with Crippen LogP contribution in [0.5, 0.6) is 0 Å². The number of pyridine rings is 1. The number of piperidine rings is 1. The first-order valence-electron chi connectivity index (χ1n) is 10.6. The number of aromatic amines is 1. The maximum Gasteiger partial charge on any atom is 0.258 e. The lowest BCUT2D eigenvalue weighted by atomic mass is 9.90. The smallest absolute Gasteiger partial charge is 0.258 e. The Hall–Kier alpha value is -3.32. The standard InChI is InChI=1S/C24H24FN5O/c1-29-10-8-17(9-11-29)12-16-2-5-20(6-3-16)30-15-23(27-28-30)21-14-18-13-19(25)4-7-22(18)26-24(21)31/h2-7,13-15,17H,8-12H2,1H3,(H,26,31). The van der Waals surface area contributed by atoms with Gasteiger partial charge in [0, 0.05) is 10.9 Å². The highest BCUT2D eigenvalue weighted by atomic mass is 19.1. The normalized spacial score (nSPS) is 15.5. The van der Waals surface area contributed by atoms with Crippen molar-refractivity contribution in [3.63, 3.8) is 0 Å². The molecule has 0 aliphatic carbocycles. The van der Waals surface area contributed by atoms with Gasteiger partial charge in [-0.2, -0.15) is 0 Å². The van der Waals surface area contributed by atoms with Crippen molar-refractivity contribution in [1.82, 2.24) is 24.9 Å². The summed E-state index contributed by atoms with van der Waals surface area (Å²) < 4.78 is 15.2. The Morgan fingerprint density at radius 2 is 1.87 bits per heavy atom. The van der Waals surface area contributed by atoms with Crippen molar-refractivity contribution in [1.29, 1.82) is 0 Å². The SMILES string of the molecule is CN1CCC(Cc2ccc(-n3cc(-c4cc5cc(F)ccc5[nH]c4=O)nn3)cc2)CC1. The molecule has 1 saturated heterocycles. The van der Waals surface area contributed by atoms with Crippen molar-refractivity contribution in [3.8, 4) is 16.9 Å². The molecule has 0 bridgehead atoms. The Labute approximate surface area is 179 Å². The number of H-pyrrole nitrogens is 1. The highest BCUT2D eigenvalue weighted by molar-refractivity contribution is 5.82. The minimum atomic E-state index is -0.352. The van der Waals surface area contributed by atoms with Gasteiger partial charge >= 0.3 is 0 Å². The molecule has 1 fully saturated rings. The first-order valence-corrected chi connectivity index (χ1v) is 10.6. The van der Waals surface area contributed by atoms with Crippen LogP contribution < -0.4 is 5.56 Å². The number of nitrogens with zero attached hydrogens (tertiary/aromatic N) is 4. The zero-order valence-electron chi connectivity index (χ0n) is 17.4. The van der Waals surface area contributed by atoms with Gasteiger partial charge in [-0.05, 0) is 87.3 Å². The molecule has 0 radical (unpaired) electrons. The molecule has 158 valence electrons. The fourth-order valence-electron chi connectivity index (χ4n) is 4.27. The summed E-state index contributed by atoms with van der Waals surface area (Å²) in [6, 6.07) is 14.3. The Morgan fingerprint density at radius 1 is 1.10 bits per heavy atom. The number of hydrogen-bond acceptors (Lipinski definition) is 4. The highest BCUT2D eigenvalue weighted by Crippen LogP contribution is 2.23. The lowest BCUT2D eigenvalue weighted by Crippen LogP contribution is -2.30. The Kier molecular flexibility index (Phi) is 5.11. The van der Waals surface area contributed by atoms with Crippen LogP contribution in [0.15, 0.2) is 59.5 Å². The maximum absolute atomic E-state index is 13.6. The second kappa shape index (κ2) is 8.07. The summed E-state index contributed by atoms with van der Waals surface area (Å²) in [7, 11) is 2.18. The quantitative estimate of drug-likeness (QED) is 0.549. The lowest BCUT2D eigenvalue weighted by molar-refractivity contribution is 0.219. The number of benzene rings is 2. The van der Waals surface area contributed by atoms with Gasteiger partial charge in [0.05, 0.1) is 17.4 Å². The Morgan fingerprint density at radius 3 is 2.65 bits per heavy atom. The van der Waals surface area contributed by atoms with Gasteiger partial charge in [0.2, 0.25) is 0 Å². The van der Waals surface area contributed by atoms with Crippen LogP contribution in [-0.4, -0.2) is 45.0 Å². The van der Waals surface area contributed by atoms with Crippen LogP contribution in [-0.2, 0) is 6.42 Å². The van der Waals surface area contributed by atoms with Crippen LogP contribution in [0.25, 0.3) is 27.8 Å². The van der Waals surface area contributed by atoms with E-state index in [1.165, 1.54) is 43.6 Å². The van der Waals surface area contributed by atoms with E-state index in [0.717, 1.165) is 18.0 Å². The van der Waals surface area contributed by atoms with Crippen LogP contribution >= 0.6 is 0 Å². The van der Waals surface area contributed by atoms with Crippen LogP contribution in [0.3, 0.4) is 0 Å². The largest absolute Gasteiger partial charge is 0.321 e. The molecule has 7 heteroatoms. The third kappa shape index (κ3) is 4.14. The van der Waals surface area contributed by atoms with E-state index in [0.29, 0.717) is 22.2 Å². The number of fused-ring (bicyclic) bond motifs is 1. The second-order valence-corrected chi connectivity index (χ2v) is 8.41. The molecule has 1 N–H and O–H groups in total. The number of nitrogens with one attached hydrogen (secondary N) is 1. The van der Waals surface area contributed by atoms with E-state index in [2.05, 4.69) is 39.4 Å². The molecule has 0 amide bonds. The first kappa shape index (κ1) is 19.6. The molecule has 2 aromatic heterocycles. The summed E-state index contributed by atoms with van der Waals surface area (Å²) >= 11 is 0. The van der Waals surface area contributed by atoms with Crippen LogP contribution in [0.2, 0.25) is 0 Å². The van der Waals surface area contributed by atoms with Crippen molar-refractivity contribution in [3.05, 3.63) is 76.5 Å². The van der Waals surface area contributed by atoms with Crippen molar-refractivity contribution < 1.29 is 4.39 Å². The predicted molar refractivity (Wildman–Crippen MR) is 119 cm³/mol. The second-order valence-electron chi connectivity index (χ2n) is 8.41. The minimum absolute atomic E-state index is 0.278. The fourth-order valence-corrected chi connectivity index (χ4v) is 4.27. The van der Waals surface area contributed by atoms with E-state index < -0.39 is 0 Å². The molecule has 6 nitrogen and oxygen atoms in total. The minimum Gasteiger partial charge on any atom is -0.321 e. The molecule has 31 heavy (non-hydrogen) atoms. The molecule has 1 aliphatic heterocycles. The van der Waals surface area contributed by atoms with Gasteiger partial charge in [0.25, 0.3) is 5.56 Å². The summed E-state index contributed by atoms with van der Waals surface area (Å²) in [5.74, 6) is 0.388. The van der Waals surface area contributed by atoms with Crippen molar-refractivity contribution in [2.24, 2.45) is 5.92 Å². The average Bonchev–Trinajstić information content (AvgIpc) is 3.26.